The fourth-order valence-corrected chi connectivity index (χ4v) is 2.90. The predicted molar refractivity (Wildman–Crippen MR) is 112 cm³/mol. The van der Waals surface area contributed by atoms with Gasteiger partial charge in [-0.3, -0.25) is 9.59 Å². The fraction of sp³-hybridized carbons (Fsp3) is 0.190. The van der Waals surface area contributed by atoms with Crippen molar-refractivity contribution < 1.29 is 9.59 Å². The Labute approximate surface area is 168 Å². The molecule has 6 nitrogen and oxygen atoms in total. The Morgan fingerprint density at radius 2 is 1.64 bits per heavy atom. The van der Waals surface area contributed by atoms with Crippen LogP contribution >= 0.6 is 11.6 Å². The lowest BCUT2D eigenvalue weighted by Gasteiger charge is -2.15. The lowest BCUT2D eigenvalue weighted by atomic mass is 10.2. The Kier molecular flexibility index (Phi) is 5.51. The first kappa shape index (κ1) is 19.6. The molecule has 144 valence electrons. The molecular formula is C21H21ClN4O2. The van der Waals surface area contributed by atoms with Gasteiger partial charge in [-0.1, -0.05) is 11.6 Å². The van der Waals surface area contributed by atoms with Gasteiger partial charge in [-0.15, -0.1) is 0 Å². The van der Waals surface area contributed by atoms with Crippen LogP contribution in [0.3, 0.4) is 0 Å². The second-order valence-electron chi connectivity index (χ2n) is 6.52. The van der Waals surface area contributed by atoms with E-state index >= 15 is 0 Å². The lowest BCUT2D eigenvalue weighted by Crippen LogP contribution is -2.22. The molecule has 0 saturated carbocycles. The SMILES string of the molecule is CC(=O)N(C)c1ccc(NC(=O)c2ccc(-n3nc(C)c(Cl)c3C)cc2)cc1. The van der Waals surface area contributed by atoms with Crippen LogP contribution in [0.2, 0.25) is 5.02 Å². The molecule has 0 atom stereocenters. The molecule has 0 radical (unpaired) electrons. The summed E-state index contributed by atoms with van der Waals surface area (Å²) in [5.41, 5.74) is 4.40. The van der Waals surface area contributed by atoms with E-state index < -0.39 is 0 Å². The van der Waals surface area contributed by atoms with E-state index in [0.717, 1.165) is 22.8 Å². The van der Waals surface area contributed by atoms with E-state index in [1.165, 1.54) is 11.8 Å². The van der Waals surface area contributed by atoms with E-state index in [-0.39, 0.29) is 11.8 Å². The summed E-state index contributed by atoms with van der Waals surface area (Å²) in [6.45, 7) is 5.25. The van der Waals surface area contributed by atoms with E-state index in [1.807, 2.05) is 26.0 Å². The highest BCUT2D eigenvalue weighted by atomic mass is 35.5. The van der Waals surface area contributed by atoms with Crippen molar-refractivity contribution in [3.63, 3.8) is 0 Å². The number of anilines is 2. The molecular weight excluding hydrogens is 376 g/mol. The molecule has 3 rings (SSSR count). The summed E-state index contributed by atoms with van der Waals surface area (Å²) in [6.07, 6.45) is 0. The number of rotatable bonds is 4. The Morgan fingerprint density at radius 1 is 1.04 bits per heavy atom. The number of amides is 2. The van der Waals surface area contributed by atoms with Crippen LogP contribution < -0.4 is 10.2 Å². The van der Waals surface area contributed by atoms with Crippen LogP contribution in [0.25, 0.3) is 5.69 Å². The Morgan fingerprint density at radius 3 is 2.14 bits per heavy atom. The second-order valence-corrected chi connectivity index (χ2v) is 6.90. The molecule has 0 bridgehead atoms. The van der Waals surface area contributed by atoms with Crippen LogP contribution in [0, 0.1) is 13.8 Å². The Hall–Kier alpha value is -3.12. The lowest BCUT2D eigenvalue weighted by molar-refractivity contribution is -0.116. The van der Waals surface area contributed by atoms with Gasteiger partial charge >= 0.3 is 0 Å². The average molecular weight is 397 g/mol. The Bertz CT molecular complexity index is 1020. The van der Waals surface area contributed by atoms with Crippen molar-refractivity contribution in [3.8, 4) is 5.69 Å². The van der Waals surface area contributed by atoms with Gasteiger partial charge in [0.2, 0.25) is 5.91 Å². The molecule has 0 fully saturated rings. The number of carbonyl (C=O) groups is 2. The topological polar surface area (TPSA) is 67.2 Å². The minimum atomic E-state index is -0.217. The molecule has 7 heteroatoms. The van der Waals surface area contributed by atoms with Gasteiger partial charge in [0.25, 0.3) is 5.91 Å². The van der Waals surface area contributed by atoms with E-state index in [4.69, 9.17) is 11.6 Å². The minimum absolute atomic E-state index is 0.0548. The van der Waals surface area contributed by atoms with Crippen molar-refractivity contribution >= 4 is 34.8 Å². The number of carbonyl (C=O) groups excluding carboxylic acids is 2. The number of nitrogens with one attached hydrogen (secondary N) is 1. The number of nitrogens with zero attached hydrogens (tertiary/aromatic N) is 3. The smallest absolute Gasteiger partial charge is 0.255 e. The van der Waals surface area contributed by atoms with Gasteiger partial charge in [0.15, 0.2) is 0 Å². The van der Waals surface area contributed by atoms with Crippen LogP contribution in [-0.4, -0.2) is 28.6 Å². The predicted octanol–water partition coefficient (Wildman–Crippen LogP) is 4.38. The molecule has 3 aromatic rings. The van der Waals surface area contributed by atoms with Crippen LogP contribution in [0.5, 0.6) is 0 Å². The van der Waals surface area contributed by atoms with Gasteiger partial charge < -0.3 is 10.2 Å². The minimum Gasteiger partial charge on any atom is -0.322 e. The zero-order chi connectivity index (χ0) is 20.4. The highest BCUT2D eigenvalue weighted by Gasteiger charge is 2.12. The maximum Gasteiger partial charge on any atom is 0.255 e. The van der Waals surface area contributed by atoms with Crippen molar-refractivity contribution in [3.05, 3.63) is 70.5 Å². The molecule has 0 aliphatic heterocycles. The molecule has 0 spiro atoms. The number of aromatic nitrogens is 2. The molecule has 0 saturated heterocycles. The van der Waals surface area contributed by atoms with Crippen LogP contribution in [-0.2, 0) is 4.79 Å². The molecule has 1 heterocycles. The summed E-state index contributed by atoms with van der Waals surface area (Å²) in [5.74, 6) is -0.272. The van der Waals surface area contributed by atoms with Crippen LogP contribution in [0.15, 0.2) is 48.5 Å². The summed E-state index contributed by atoms with van der Waals surface area (Å²) in [4.78, 5) is 25.4. The molecule has 0 aliphatic rings. The van der Waals surface area contributed by atoms with Crippen molar-refractivity contribution in [1.29, 1.82) is 0 Å². The standard InChI is InChI=1S/C21H21ClN4O2/c1-13-20(22)14(2)26(24-13)19-9-5-16(6-10-19)21(28)23-17-7-11-18(12-8-17)25(4)15(3)27/h5-12H,1-4H3,(H,23,28). The third-order valence-corrected chi connectivity index (χ3v) is 5.11. The van der Waals surface area contributed by atoms with E-state index in [1.54, 1.807) is 48.1 Å². The van der Waals surface area contributed by atoms with Crippen LogP contribution in [0.4, 0.5) is 11.4 Å². The zero-order valence-corrected chi connectivity index (χ0v) is 16.9. The van der Waals surface area contributed by atoms with Crippen LogP contribution in [0.1, 0.15) is 28.7 Å². The first-order valence-electron chi connectivity index (χ1n) is 8.76. The van der Waals surface area contributed by atoms with E-state index in [0.29, 0.717) is 16.3 Å². The molecule has 1 N–H and O–H groups in total. The van der Waals surface area contributed by atoms with Crippen molar-refractivity contribution in [2.45, 2.75) is 20.8 Å². The quantitative estimate of drug-likeness (QED) is 0.711. The number of benzene rings is 2. The maximum atomic E-state index is 12.5. The summed E-state index contributed by atoms with van der Waals surface area (Å²) in [7, 11) is 1.70. The molecule has 2 amide bonds. The van der Waals surface area contributed by atoms with Crippen molar-refractivity contribution in [1.82, 2.24) is 9.78 Å². The fourth-order valence-electron chi connectivity index (χ4n) is 2.78. The normalized spacial score (nSPS) is 10.6. The van der Waals surface area contributed by atoms with Gasteiger partial charge in [-0.25, -0.2) is 4.68 Å². The average Bonchev–Trinajstić information content (AvgIpc) is 2.95. The largest absolute Gasteiger partial charge is 0.322 e. The van der Waals surface area contributed by atoms with Gasteiger partial charge in [0.1, 0.15) is 0 Å². The molecule has 0 unspecified atom stereocenters. The number of hydrogen-bond acceptors (Lipinski definition) is 3. The third-order valence-electron chi connectivity index (χ3n) is 4.56. The second kappa shape index (κ2) is 7.86. The highest BCUT2D eigenvalue weighted by Crippen LogP contribution is 2.23. The van der Waals surface area contributed by atoms with Gasteiger partial charge in [0, 0.05) is 30.9 Å². The summed E-state index contributed by atoms with van der Waals surface area (Å²) in [6, 6.07) is 14.2. The van der Waals surface area contributed by atoms with E-state index in [9.17, 15) is 9.59 Å². The molecule has 0 aliphatic carbocycles. The molecule has 2 aromatic carbocycles. The Balaban J connectivity index is 1.73. The molecule has 1 aromatic heterocycles. The molecule has 28 heavy (non-hydrogen) atoms. The highest BCUT2D eigenvalue weighted by molar-refractivity contribution is 6.31. The summed E-state index contributed by atoms with van der Waals surface area (Å²) < 4.78 is 1.75. The summed E-state index contributed by atoms with van der Waals surface area (Å²) >= 11 is 6.20. The number of hydrogen-bond donors (Lipinski definition) is 1. The van der Waals surface area contributed by atoms with Crippen molar-refractivity contribution in [2.75, 3.05) is 17.3 Å². The number of halogens is 1. The zero-order valence-electron chi connectivity index (χ0n) is 16.2. The van der Waals surface area contributed by atoms with Gasteiger partial charge in [0.05, 0.1) is 22.1 Å². The van der Waals surface area contributed by atoms with Crippen molar-refractivity contribution in [2.24, 2.45) is 0 Å². The maximum absolute atomic E-state index is 12.5. The van der Waals surface area contributed by atoms with Gasteiger partial charge in [-0.05, 0) is 62.4 Å². The first-order valence-corrected chi connectivity index (χ1v) is 9.13. The van der Waals surface area contributed by atoms with Gasteiger partial charge in [-0.2, -0.15) is 5.10 Å². The number of aryl methyl sites for hydroxylation is 1. The third kappa shape index (κ3) is 3.92. The first-order chi connectivity index (χ1) is 13.3. The monoisotopic (exact) mass is 396 g/mol. The summed E-state index contributed by atoms with van der Waals surface area (Å²) in [5, 5.41) is 7.90. The van der Waals surface area contributed by atoms with E-state index in [2.05, 4.69) is 10.4 Å².